The van der Waals surface area contributed by atoms with E-state index in [-0.39, 0.29) is 19.5 Å². The van der Waals surface area contributed by atoms with Gasteiger partial charge in [-0.2, -0.15) is 0 Å². The molecule has 10 heteroatoms. The number of amides is 5. The highest BCUT2D eigenvalue weighted by molar-refractivity contribution is 7.10. The molecule has 1 atom stereocenters. The van der Waals surface area contributed by atoms with E-state index in [1.807, 2.05) is 35.7 Å². The van der Waals surface area contributed by atoms with Gasteiger partial charge in [-0.15, -0.1) is 11.3 Å². The summed E-state index contributed by atoms with van der Waals surface area (Å²) in [4.78, 5) is 55.7. The maximum Gasteiger partial charge on any atom is 0.328 e. The maximum atomic E-state index is 13.4. The van der Waals surface area contributed by atoms with Crippen molar-refractivity contribution in [3.63, 3.8) is 0 Å². The molecule has 0 saturated carbocycles. The van der Waals surface area contributed by atoms with Crippen molar-refractivity contribution in [3.8, 4) is 0 Å². The zero-order valence-electron chi connectivity index (χ0n) is 18.7. The molecule has 3 aromatic rings. The molecule has 1 aliphatic heterocycles. The van der Waals surface area contributed by atoms with Crippen molar-refractivity contribution in [2.75, 3.05) is 18.0 Å². The normalized spacial score (nSPS) is 15.5. The van der Waals surface area contributed by atoms with Crippen molar-refractivity contribution in [2.24, 2.45) is 5.73 Å². The van der Waals surface area contributed by atoms with Crippen LogP contribution in [-0.2, 0) is 20.9 Å². The van der Waals surface area contributed by atoms with Crippen LogP contribution in [0.1, 0.15) is 22.9 Å². The van der Waals surface area contributed by atoms with E-state index in [1.165, 1.54) is 45.4 Å². The van der Waals surface area contributed by atoms with Gasteiger partial charge in [0, 0.05) is 30.1 Å². The molecular weight excluding hydrogens is 471 g/mol. The predicted molar refractivity (Wildman–Crippen MR) is 129 cm³/mol. The van der Waals surface area contributed by atoms with E-state index >= 15 is 0 Å². The Bertz CT molecular complexity index is 1220. The summed E-state index contributed by atoms with van der Waals surface area (Å²) in [5.74, 6) is -2.21. The molecule has 5 amide bonds. The number of hydrogen-bond donors (Lipinski definition) is 1. The number of nitrogens with two attached hydrogens (primary N) is 1. The zero-order valence-corrected chi connectivity index (χ0v) is 19.5. The number of anilines is 1. The van der Waals surface area contributed by atoms with Crippen LogP contribution in [0.25, 0.3) is 0 Å². The molecule has 2 heterocycles. The van der Waals surface area contributed by atoms with Crippen LogP contribution >= 0.6 is 11.3 Å². The molecule has 0 radical (unpaired) electrons. The fraction of sp³-hybridized carbons (Fsp3) is 0.200. The van der Waals surface area contributed by atoms with Gasteiger partial charge < -0.3 is 15.5 Å². The van der Waals surface area contributed by atoms with Crippen LogP contribution in [0.5, 0.6) is 0 Å². The summed E-state index contributed by atoms with van der Waals surface area (Å²) in [5, 5.41) is 1.82. The van der Waals surface area contributed by atoms with Crippen molar-refractivity contribution in [1.29, 1.82) is 0 Å². The van der Waals surface area contributed by atoms with Gasteiger partial charge in [-0.1, -0.05) is 36.4 Å². The summed E-state index contributed by atoms with van der Waals surface area (Å²) < 4.78 is 13.4. The lowest BCUT2D eigenvalue weighted by Gasteiger charge is -2.25. The van der Waals surface area contributed by atoms with E-state index in [0.29, 0.717) is 10.6 Å². The van der Waals surface area contributed by atoms with Gasteiger partial charge in [-0.3, -0.25) is 19.3 Å². The molecule has 1 aromatic heterocycles. The van der Waals surface area contributed by atoms with Crippen LogP contribution in [0.3, 0.4) is 0 Å². The molecule has 1 aliphatic rings. The average molecular weight is 495 g/mol. The largest absolute Gasteiger partial charge is 0.370 e. The first-order chi connectivity index (χ1) is 16.8. The molecule has 2 N–H and O–H groups in total. The fourth-order valence-electron chi connectivity index (χ4n) is 3.91. The molecule has 1 unspecified atom stereocenters. The van der Waals surface area contributed by atoms with Crippen LogP contribution < -0.4 is 10.6 Å². The summed E-state index contributed by atoms with van der Waals surface area (Å²) in [6, 6.07) is 16.5. The summed E-state index contributed by atoms with van der Waals surface area (Å²) in [6.07, 6.45) is -0.136. The summed E-state index contributed by atoms with van der Waals surface area (Å²) >= 11 is 1.35. The Kier molecular flexibility index (Phi) is 7.21. The fourth-order valence-corrected chi connectivity index (χ4v) is 4.74. The third kappa shape index (κ3) is 5.38. The average Bonchev–Trinajstić information content (AvgIpc) is 3.44. The third-order valence-corrected chi connectivity index (χ3v) is 6.54. The second-order valence-electron chi connectivity index (χ2n) is 7.98. The minimum atomic E-state index is -0.847. The minimum absolute atomic E-state index is 0.0713. The Morgan fingerprint density at radius 3 is 2.34 bits per heavy atom. The maximum absolute atomic E-state index is 13.4. The number of thiophene rings is 1. The number of hydrogen-bond acceptors (Lipinski definition) is 5. The molecule has 0 aliphatic carbocycles. The first-order valence-electron chi connectivity index (χ1n) is 10.9. The zero-order chi connectivity index (χ0) is 24.9. The van der Waals surface area contributed by atoms with E-state index < -0.39 is 42.2 Å². The summed E-state index contributed by atoms with van der Waals surface area (Å²) in [7, 11) is 0. The van der Waals surface area contributed by atoms with E-state index in [1.54, 1.807) is 12.1 Å². The Morgan fingerprint density at radius 2 is 1.71 bits per heavy atom. The Hall–Kier alpha value is -4.05. The number of nitrogens with zero attached hydrogens (tertiary/aromatic N) is 3. The van der Waals surface area contributed by atoms with Crippen LogP contribution in [0.2, 0.25) is 0 Å². The van der Waals surface area contributed by atoms with E-state index in [0.717, 1.165) is 10.5 Å². The summed E-state index contributed by atoms with van der Waals surface area (Å²) in [6.45, 7) is -0.402. The van der Waals surface area contributed by atoms with Gasteiger partial charge in [0.1, 0.15) is 18.4 Å². The number of rotatable bonds is 9. The number of carbonyl (C=O) groups excluding carboxylic acids is 4. The van der Waals surface area contributed by atoms with Gasteiger partial charge in [0.05, 0.1) is 0 Å². The van der Waals surface area contributed by atoms with E-state index in [9.17, 15) is 23.6 Å². The highest BCUT2D eigenvalue weighted by Gasteiger charge is 2.47. The quantitative estimate of drug-likeness (QED) is 0.461. The van der Waals surface area contributed by atoms with Gasteiger partial charge in [0.15, 0.2) is 0 Å². The van der Waals surface area contributed by atoms with E-state index in [4.69, 9.17) is 5.73 Å². The second kappa shape index (κ2) is 10.5. The minimum Gasteiger partial charge on any atom is -0.370 e. The molecule has 8 nitrogen and oxygen atoms in total. The van der Waals surface area contributed by atoms with Gasteiger partial charge in [-0.05, 0) is 41.3 Å². The number of primary amides is 1. The number of imide groups is 1. The number of urea groups is 1. The summed E-state index contributed by atoms with van der Waals surface area (Å²) in [5.41, 5.74) is 6.43. The Labute approximate surface area is 205 Å². The molecule has 0 bridgehead atoms. The van der Waals surface area contributed by atoms with Crippen LogP contribution in [0.15, 0.2) is 72.1 Å². The lowest BCUT2D eigenvalue weighted by molar-refractivity contribution is -0.132. The van der Waals surface area contributed by atoms with Crippen molar-refractivity contribution in [1.82, 2.24) is 9.80 Å². The number of benzene rings is 2. The van der Waals surface area contributed by atoms with Gasteiger partial charge in [0.25, 0.3) is 5.91 Å². The lowest BCUT2D eigenvalue weighted by atomic mass is 10.1. The number of carbonyl (C=O) groups is 4. The molecule has 0 spiro atoms. The van der Waals surface area contributed by atoms with Crippen LogP contribution in [0, 0.1) is 5.82 Å². The molecule has 4 rings (SSSR count). The SMILES string of the molecule is NC(=O)CCN(C(=O)CN1C(=O)C(c2cccs2)N(Cc2ccccc2)C1=O)c1ccc(F)cc1. The second-order valence-corrected chi connectivity index (χ2v) is 8.96. The van der Waals surface area contributed by atoms with Crippen molar-refractivity contribution >= 4 is 40.8 Å². The molecule has 1 saturated heterocycles. The number of halogens is 1. The van der Waals surface area contributed by atoms with Gasteiger partial charge >= 0.3 is 6.03 Å². The van der Waals surface area contributed by atoms with Gasteiger partial charge in [-0.25, -0.2) is 9.18 Å². The highest BCUT2D eigenvalue weighted by Crippen LogP contribution is 2.35. The van der Waals surface area contributed by atoms with Gasteiger partial charge in [0.2, 0.25) is 11.8 Å². The Balaban J connectivity index is 1.60. The standard InChI is InChI=1S/C25H23FN4O4S/c26-18-8-10-19(11-9-18)28(13-12-21(27)31)22(32)16-30-24(33)23(20-7-4-14-35-20)29(25(30)34)15-17-5-2-1-3-6-17/h1-11,14,23H,12-13,15-16H2,(H2,27,31). The van der Waals surface area contributed by atoms with Crippen molar-refractivity contribution in [2.45, 2.75) is 19.0 Å². The first-order valence-corrected chi connectivity index (χ1v) is 11.8. The monoisotopic (exact) mass is 494 g/mol. The molecular formula is C25H23FN4O4S. The molecule has 2 aromatic carbocycles. The van der Waals surface area contributed by atoms with Crippen LogP contribution in [-0.4, -0.2) is 46.6 Å². The topological polar surface area (TPSA) is 104 Å². The molecule has 1 fully saturated rings. The van der Waals surface area contributed by atoms with Crippen LogP contribution in [0.4, 0.5) is 14.9 Å². The molecule has 180 valence electrons. The van der Waals surface area contributed by atoms with E-state index in [2.05, 4.69) is 0 Å². The van der Waals surface area contributed by atoms with Crippen molar-refractivity contribution < 1.29 is 23.6 Å². The highest BCUT2D eigenvalue weighted by atomic mass is 32.1. The first kappa shape index (κ1) is 24.1. The predicted octanol–water partition coefficient (Wildman–Crippen LogP) is 3.30. The molecule has 35 heavy (non-hydrogen) atoms. The Morgan fingerprint density at radius 1 is 1.00 bits per heavy atom. The van der Waals surface area contributed by atoms with Crippen molar-refractivity contribution in [3.05, 3.63) is 88.4 Å². The lowest BCUT2D eigenvalue weighted by Crippen LogP contribution is -2.44. The third-order valence-electron chi connectivity index (χ3n) is 5.61. The smallest absolute Gasteiger partial charge is 0.328 e.